The molecule has 1 unspecified atom stereocenters. The first-order valence-corrected chi connectivity index (χ1v) is 11.4. The number of carbonyl (C=O) groups excluding carboxylic acids is 1. The van der Waals surface area contributed by atoms with E-state index in [4.69, 9.17) is 4.98 Å². The zero-order chi connectivity index (χ0) is 21.4. The lowest BCUT2D eigenvalue weighted by Gasteiger charge is -2.21. The van der Waals surface area contributed by atoms with E-state index in [1.165, 1.54) is 15.3 Å². The zero-order valence-corrected chi connectivity index (χ0v) is 18.8. The molecule has 2 heterocycles. The Morgan fingerprint density at radius 1 is 1.37 bits per heavy atom. The van der Waals surface area contributed by atoms with E-state index in [-0.39, 0.29) is 17.5 Å². The summed E-state index contributed by atoms with van der Waals surface area (Å²) in [6, 6.07) is 7.69. The minimum atomic E-state index is -0.0845. The molecule has 0 saturated heterocycles. The van der Waals surface area contributed by atoms with Gasteiger partial charge in [-0.1, -0.05) is 19.1 Å². The summed E-state index contributed by atoms with van der Waals surface area (Å²) < 4.78 is 0. The Labute approximate surface area is 180 Å². The number of benzene rings is 1. The van der Waals surface area contributed by atoms with Crippen molar-refractivity contribution in [3.05, 3.63) is 62.0 Å². The summed E-state index contributed by atoms with van der Waals surface area (Å²) in [5, 5.41) is 3.44. The van der Waals surface area contributed by atoms with E-state index < -0.39 is 0 Å². The highest BCUT2D eigenvalue weighted by Gasteiger charge is 2.25. The number of thiophene rings is 1. The lowest BCUT2D eigenvalue weighted by molar-refractivity contribution is -0.924. The van der Waals surface area contributed by atoms with Crippen molar-refractivity contribution in [2.24, 2.45) is 5.92 Å². The molecule has 0 spiro atoms. The van der Waals surface area contributed by atoms with Crippen molar-refractivity contribution in [3.8, 4) is 0 Å². The zero-order valence-electron chi connectivity index (χ0n) is 18.0. The van der Waals surface area contributed by atoms with Crippen LogP contribution in [0.15, 0.2) is 29.1 Å². The van der Waals surface area contributed by atoms with Crippen molar-refractivity contribution in [1.82, 2.24) is 15.3 Å². The number of fused-ring (bicyclic) bond motifs is 3. The van der Waals surface area contributed by atoms with Crippen LogP contribution in [0.25, 0.3) is 10.2 Å². The van der Waals surface area contributed by atoms with Gasteiger partial charge in [-0.2, -0.15) is 0 Å². The van der Waals surface area contributed by atoms with Crippen molar-refractivity contribution in [1.29, 1.82) is 0 Å². The minimum absolute atomic E-state index is 0.00312. The van der Waals surface area contributed by atoms with Gasteiger partial charge in [0.2, 0.25) is 0 Å². The second-order valence-corrected chi connectivity index (χ2v) is 9.59. The van der Waals surface area contributed by atoms with Gasteiger partial charge in [-0.25, -0.2) is 4.98 Å². The molecule has 1 aliphatic carbocycles. The van der Waals surface area contributed by atoms with Crippen molar-refractivity contribution >= 4 is 27.5 Å². The monoisotopic (exact) mass is 425 g/mol. The molecule has 2 aromatic heterocycles. The molecule has 0 bridgehead atoms. The number of carbonyl (C=O) groups is 1. The lowest BCUT2D eigenvalue weighted by atomic mass is 9.89. The van der Waals surface area contributed by atoms with Crippen LogP contribution in [0.3, 0.4) is 0 Å². The Bertz CT molecular complexity index is 1130. The van der Waals surface area contributed by atoms with E-state index in [9.17, 15) is 9.59 Å². The highest BCUT2D eigenvalue weighted by molar-refractivity contribution is 7.18. The van der Waals surface area contributed by atoms with Gasteiger partial charge in [0.25, 0.3) is 11.5 Å². The molecular formula is C23H29N4O2S+. The molecule has 7 heteroatoms. The lowest BCUT2D eigenvalue weighted by Crippen LogP contribution is -3.07. The molecule has 6 nitrogen and oxygen atoms in total. The molecule has 4 rings (SSSR count). The molecule has 1 amide bonds. The molecule has 30 heavy (non-hydrogen) atoms. The molecule has 3 atom stereocenters. The maximum Gasteiger partial charge on any atom is 0.260 e. The number of hydrogen-bond acceptors (Lipinski definition) is 4. The number of nitrogens with one attached hydrogen (secondary N) is 3. The van der Waals surface area contributed by atoms with Crippen LogP contribution in [-0.2, 0) is 19.4 Å². The van der Waals surface area contributed by atoms with Crippen LogP contribution in [0.2, 0.25) is 0 Å². The standard InChI is InChI=1S/C23H28N4O2S/c1-13-5-10-17-18(11-13)30-23-19(17)22(29)25-20(26-23)14(2)27(4)12-15-6-8-16(9-7-15)21(28)24-3/h6-9,13-14H,5,10-12H2,1-4H3,(H,24,28)(H,25,26,29)/p+1/t13-,14-/m0/s1. The molecular weight excluding hydrogens is 396 g/mol. The maximum absolute atomic E-state index is 12.9. The summed E-state index contributed by atoms with van der Waals surface area (Å²) in [6.07, 6.45) is 3.17. The Hall–Kier alpha value is -2.51. The second kappa shape index (κ2) is 8.32. The number of rotatable bonds is 5. The van der Waals surface area contributed by atoms with Gasteiger partial charge >= 0.3 is 0 Å². The first kappa shape index (κ1) is 20.8. The van der Waals surface area contributed by atoms with Gasteiger partial charge in [0.05, 0.1) is 12.4 Å². The quantitative estimate of drug-likeness (QED) is 0.587. The second-order valence-electron chi connectivity index (χ2n) is 8.50. The number of hydrogen-bond donors (Lipinski definition) is 3. The van der Waals surface area contributed by atoms with Crippen LogP contribution < -0.4 is 15.8 Å². The van der Waals surface area contributed by atoms with Crippen LogP contribution >= 0.6 is 11.3 Å². The summed E-state index contributed by atoms with van der Waals surface area (Å²) in [6.45, 7) is 5.14. The first-order valence-electron chi connectivity index (χ1n) is 10.5. The van der Waals surface area contributed by atoms with E-state index in [2.05, 4.69) is 31.2 Å². The predicted molar refractivity (Wildman–Crippen MR) is 120 cm³/mol. The van der Waals surface area contributed by atoms with Gasteiger partial charge < -0.3 is 15.2 Å². The number of aromatic amines is 1. The number of aryl methyl sites for hydroxylation is 1. The van der Waals surface area contributed by atoms with E-state index in [1.54, 1.807) is 18.4 Å². The molecule has 0 fully saturated rings. The highest BCUT2D eigenvalue weighted by Crippen LogP contribution is 2.35. The van der Waals surface area contributed by atoms with Crippen LogP contribution in [0, 0.1) is 5.92 Å². The van der Waals surface area contributed by atoms with Gasteiger partial charge in [0, 0.05) is 23.1 Å². The highest BCUT2D eigenvalue weighted by atomic mass is 32.1. The fourth-order valence-corrected chi connectivity index (χ4v) is 5.59. The average molecular weight is 426 g/mol. The Balaban J connectivity index is 1.56. The largest absolute Gasteiger partial charge is 0.355 e. The van der Waals surface area contributed by atoms with Gasteiger partial charge in [-0.15, -0.1) is 11.3 Å². The SMILES string of the molecule is CNC(=O)c1ccc(C[NH+](C)[C@@H](C)c2nc3sc4c(c3c(=O)[nH]2)CC[C@H](C)C4)cc1. The van der Waals surface area contributed by atoms with Crippen LogP contribution in [0.5, 0.6) is 0 Å². The van der Waals surface area contributed by atoms with Crippen LogP contribution in [0.4, 0.5) is 0 Å². The number of quaternary nitrogens is 1. The predicted octanol–water partition coefficient (Wildman–Crippen LogP) is 2.24. The summed E-state index contributed by atoms with van der Waals surface area (Å²) in [5.41, 5.74) is 3.00. The number of H-pyrrole nitrogens is 1. The van der Waals surface area contributed by atoms with Gasteiger partial charge in [0.15, 0.2) is 5.82 Å². The van der Waals surface area contributed by atoms with Crippen LogP contribution in [-0.4, -0.2) is 30.0 Å². The Morgan fingerprint density at radius 3 is 2.80 bits per heavy atom. The molecule has 0 saturated carbocycles. The van der Waals surface area contributed by atoms with Gasteiger partial charge in [-0.05, 0) is 49.8 Å². The third-order valence-electron chi connectivity index (χ3n) is 6.26. The van der Waals surface area contributed by atoms with Gasteiger partial charge in [0.1, 0.15) is 17.4 Å². The van der Waals surface area contributed by atoms with Crippen molar-refractivity contribution in [2.45, 2.75) is 45.7 Å². The molecule has 1 aromatic carbocycles. The topological polar surface area (TPSA) is 79.3 Å². The molecule has 0 aliphatic heterocycles. The summed E-state index contributed by atoms with van der Waals surface area (Å²) in [5.74, 6) is 1.32. The third-order valence-corrected chi connectivity index (χ3v) is 7.41. The first-order chi connectivity index (χ1) is 14.4. The van der Waals surface area contributed by atoms with E-state index >= 15 is 0 Å². The fraction of sp³-hybridized carbons (Fsp3) is 0.435. The van der Waals surface area contributed by atoms with E-state index in [0.29, 0.717) is 11.5 Å². The Kier molecular flexibility index (Phi) is 5.75. The van der Waals surface area contributed by atoms with Crippen molar-refractivity contribution < 1.29 is 9.69 Å². The van der Waals surface area contributed by atoms with Crippen molar-refractivity contribution in [3.63, 3.8) is 0 Å². The Morgan fingerprint density at radius 2 is 2.10 bits per heavy atom. The normalized spacial score (nSPS) is 18.1. The molecule has 158 valence electrons. The third kappa shape index (κ3) is 3.91. The van der Waals surface area contributed by atoms with E-state index in [0.717, 1.165) is 47.4 Å². The van der Waals surface area contributed by atoms with E-state index in [1.807, 2.05) is 24.3 Å². The maximum atomic E-state index is 12.9. The summed E-state index contributed by atoms with van der Waals surface area (Å²) in [7, 11) is 3.73. The summed E-state index contributed by atoms with van der Waals surface area (Å²) >= 11 is 1.69. The fourth-order valence-electron chi connectivity index (χ4n) is 4.20. The van der Waals surface area contributed by atoms with Crippen molar-refractivity contribution in [2.75, 3.05) is 14.1 Å². The number of aromatic nitrogens is 2. The minimum Gasteiger partial charge on any atom is -0.355 e. The molecule has 0 radical (unpaired) electrons. The number of nitrogens with zero attached hydrogens (tertiary/aromatic N) is 1. The molecule has 3 aromatic rings. The summed E-state index contributed by atoms with van der Waals surface area (Å²) in [4.78, 5) is 36.0. The smallest absolute Gasteiger partial charge is 0.260 e. The number of amides is 1. The van der Waals surface area contributed by atoms with Crippen LogP contribution in [0.1, 0.15) is 58.5 Å². The molecule has 3 N–H and O–H groups in total. The van der Waals surface area contributed by atoms with Gasteiger partial charge in [-0.3, -0.25) is 9.59 Å². The average Bonchev–Trinajstić information content (AvgIpc) is 3.10. The molecule has 1 aliphatic rings.